The van der Waals surface area contributed by atoms with Gasteiger partial charge in [0, 0.05) is 11.6 Å². The van der Waals surface area contributed by atoms with Crippen LogP contribution < -0.4 is 10.5 Å². The van der Waals surface area contributed by atoms with Gasteiger partial charge >= 0.3 is 6.16 Å². The fourth-order valence-electron chi connectivity index (χ4n) is 1.34. The number of fused-ring (bicyclic) bond motifs is 1. The van der Waals surface area contributed by atoms with E-state index in [9.17, 15) is 4.79 Å². The Morgan fingerprint density at radius 1 is 1.40 bits per heavy atom. The maximum absolute atomic E-state index is 10.4. The first-order valence-corrected chi connectivity index (χ1v) is 4.22. The highest BCUT2D eigenvalue weighted by atomic mass is 16.7. The number of benzene rings is 1. The Balaban J connectivity index is 2.59. The first-order valence-electron chi connectivity index (χ1n) is 4.22. The van der Waals surface area contributed by atoms with Crippen LogP contribution in [0.25, 0.3) is 10.9 Å². The van der Waals surface area contributed by atoms with Gasteiger partial charge in [0.1, 0.15) is 0 Å². The van der Waals surface area contributed by atoms with Gasteiger partial charge in [-0.3, -0.25) is 4.98 Å². The van der Waals surface area contributed by atoms with E-state index in [1.54, 1.807) is 24.4 Å². The predicted octanol–water partition coefficient (Wildman–Crippen LogP) is 1.87. The minimum Gasteiger partial charge on any atom is -0.449 e. The van der Waals surface area contributed by atoms with Crippen LogP contribution in [-0.2, 0) is 0 Å². The molecule has 0 bridgehead atoms. The van der Waals surface area contributed by atoms with Gasteiger partial charge in [-0.1, -0.05) is 0 Å². The molecule has 2 rings (SSSR count). The lowest BCUT2D eigenvalue weighted by Crippen LogP contribution is -2.05. The molecular formula is C10H8N2O3. The summed E-state index contributed by atoms with van der Waals surface area (Å²) < 4.78 is 4.52. The molecule has 1 aromatic carbocycles. The van der Waals surface area contributed by atoms with Crippen LogP contribution in [0.4, 0.5) is 10.5 Å². The molecule has 76 valence electrons. The van der Waals surface area contributed by atoms with Crippen molar-refractivity contribution < 1.29 is 14.6 Å². The van der Waals surface area contributed by atoms with Crippen molar-refractivity contribution in [3.8, 4) is 5.75 Å². The molecule has 2 aromatic rings. The highest BCUT2D eigenvalue weighted by Gasteiger charge is 2.08. The molecule has 0 aliphatic carbocycles. The van der Waals surface area contributed by atoms with E-state index in [-0.39, 0.29) is 11.4 Å². The number of carbonyl (C=O) groups is 1. The number of nitrogen functional groups attached to an aromatic ring is 1. The number of pyridine rings is 1. The van der Waals surface area contributed by atoms with E-state index in [1.807, 2.05) is 0 Å². The van der Waals surface area contributed by atoms with Gasteiger partial charge in [-0.05, 0) is 24.3 Å². The zero-order valence-electron chi connectivity index (χ0n) is 7.68. The monoisotopic (exact) mass is 204 g/mol. The molecule has 0 amide bonds. The van der Waals surface area contributed by atoms with Gasteiger partial charge in [0.25, 0.3) is 0 Å². The number of rotatable bonds is 1. The fraction of sp³-hybridized carbons (Fsp3) is 0. The van der Waals surface area contributed by atoms with Crippen LogP contribution in [0.1, 0.15) is 0 Å². The van der Waals surface area contributed by atoms with E-state index < -0.39 is 6.16 Å². The van der Waals surface area contributed by atoms with Gasteiger partial charge in [0.2, 0.25) is 0 Å². The van der Waals surface area contributed by atoms with Crippen LogP contribution in [0.5, 0.6) is 5.75 Å². The van der Waals surface area contributed by atoms with Crippen molar-refractivity contribution in [2.24, 2.45) is 0 Å². The minimum atomic E-state index is -1.38. The van der Waals surface area contributed by atoms with Gasteiger partial charge in [-0.25, -0.2) is 4.79 Å². The molecule has 1 heterocycles. The highest BCUT2D eigenvalue weighted by molar-refractivity contribution is 5.94. The Morgan fingerprint density at radius 2 is 2.20 bits per heavy atom. The lowest BCUT2D eigenvalue weighted by Gasteiger charge is -2.06. The summed E-state index contributed by atoms with van der Waals surface area (Å²) >= 11 is 0. The van der Waals surface area contributed by atoms with Crippen LogP contribution in [0.15, 0.2) is 30.5 Å². The Hall–Kier alpha value is -2.30. The second-order valence-corrected chi connectivity index (χ2v) is 2.92. The second kappa shape index (κ2) is 3.45. The zero-order chi connectivity index (χ0) is 10.8. The standard InChI is InChI=1S/C10H8N2O3/c11-9-6-2-1-5-12-7(6)3-4-8(9)15-10(13)14/h1-5H,11H2,(H,13,14). The van der Waals surface area contributed by atoms with E-state index in [2.05, 4.69) is 9.72 Å². The molecule has 0 saturated heterocycles. The van der Waals surface area contributed by atoms with Crippen LogP contribution in [-0.4, -0.2) is 16.2 Å². The lowest BCUT2D eigenvalue weighted by atomic mass is 10.2. The summed E-state index contributed by atoms with van der Waals surface area (Å²) in [5.74, 6) is 0.128. The number of ether oxygens (including phenoxy) is 1. The molecule has 0 spiro atoms. The summed E-state index contributed by atoms with van der Waals surface area (Å²) in [7, 11) is 0. The van der Waals surface area contributed by atoms with Crippen molar-refractivity contribution in [2.45, 2.75) is 0 Å². The first kappa shape index (κ1) is 9.26. The van der Waals surface area contributed by atoms with Gasteiger partial charge in [0.05, 0.1) is 11.2 Å². The van der Waals surface area contributed by atoms with Crippen LogP contribution in [0, 0.1) is 0 Å². The van der Waals surface area contributed by atoms with Gasteiger partial charge < -0.3 is 15.6 Å². The van der Waals surface area contributed by atoms with E-state index in [0.29, 0.717) is 10.9 Å². The Labute approximate surface area is 85.1 Å². The molecule has 0 aliphatic rings. The average molecular weight is 204 g/mol. The number of hydrogen-bond acceptors (Lipinski definition) is 4. The van der Waals surface area contributed by atoms with Crippen molar-refractivity contribution in [1.82, 2.24) is 4.98 Å². The fourth-order valence-corrected chi connectivity index (χ4v) is 1.34. The van der Waals surface area contributed by atoms with E-state index in [4.69, 9.17) is 10.8 Å². The molecule has 3 N–H and O–H groups in total. The van der Waals surface area contributed by atoms with Crippen LogP contribution in [0.3, 0.4) is 0 Å². The van der Waals surface area contributed by atoms with Crippen molar-refractivity contribution in [1.29, 1.82) is 0 Å². The molecule has 0 saturated carbocycles. The van der Waals surface area contributed by atoms with E-state index in [1.165, 1.54) is 6.07 Å². The molecule has 1 aromatic heterocycles. The SMILES string of the molecule is Nc1c(OC(=O)O)ccc2ncccc12. The number of aromatic nitrogens is 1. The maximum Gasteiger partial charge on any atom is 0.511 e. The third kappa shape index (κ3) is 1.67. The number of hydrogen-bond donors (Lipinski definition) is 2. The summed E-state index contributed by atoms with van der Waals surface area (Å²) in [4.78, 5) is 14.4. The van der Waals surface area contributed by atoms with Crippen molar-refractivity contribution in [3.63, 3.8) is 0 Å². The van der Waals surface area contributed by atoms with Crippen molar-refractivity contribution in [3.05, 3.63) is 30.5 Å². The normalized spacial score (nSPS) is 10.1. The molecule has 15 heavy (non-hydrogen) atoms. The second-order valence-electron chi connectivity index (χ2n) is 2.92. The van der Waals surface area contributed by atoms with Gasteiger partial charge in [0.15, 0.2) is 5.75 Å². The highest BCUT2D eigenvalue weighted by Crippen LogP contribution is 2.29. The minimum absolute atomic E-state index is 0.128. The molecule has 0 fully saturated rings. The molecule has 0 radical (unpaired) electrons. The summed E-state index contributed by atoms with van der Waals surface area (Å²) in [5, 5.41) is 9.15. The largest absolute Gasteiger partial charge is 0.511 e. The molecular weight excluding hydrogens is 196 g/mol. The molecule has 0 atom stereocenters. The zero-order valence-corrected chi connectivity index (χ0v) is 7.68. The van der Waals surface area contributed by atoms with Gasteiger partial charge in [-0.2, -0.15) is 0 Å². The number of nitrogens with two attached hydrogens (primary N) is 1. The molecule has 0 unspecified atom stereocenters. The van der Waals surface area contributed by atoms with Crippen LogP contribution in [0.2, 0.25) is 0 Å². The Bertz CT molecular complexity index is 525. The van der Waals surface area contributed by atoms with E-state index >= 15 is 0 Å². The van der Waals surface area contributed by atoms with Gasteiger partial charge in [-0.15, -0.1) is 0 Å². The first-order chi connectivity index (χ1) is 7.18. The average Bonchev–Trinajstić information content (AvgIpc) is 2.22. The summed E-state index contributed by atoms with van der Waals surface area (Å²) in [6.45, 7) is 0. The maximum atomic E-state index is 10.4. The number of anilines is 1. The number of carboxylic acid groups (broad SMARTS) is 1. The molecule has 5 nitrogen and oxygen atoms in total. The quantitative estimate of drug-likeness (QED) is 0.420. The lowest BCUT2D eigenvalue weighted by molar-refractivity contribution is 0.145. The Kier molecular flexibility index (Phi) is 2.13. The van der Waals surface area contributed by atoms with E-state index in [0.717, 1.165) is 0 Å². The third-order valence-corrected chi connectivity index (χ3v) is 1.98. The summed E-state index contributed by atoms with van der Waals surface area (Å²) in [5.41, 5.74) is 6.72. The third-order valence-electron chi connectivity index (χ3n) is 1.98. The smallest absolute Gasteiger partial charge is 0.449 e. The molecule has 5 heteroatoms. The predicted molar refractivity (Wildman–Crippen MR) is 54.8 cm³/mol. The summed E-state index contributed by atoms with van der Waals surface area (Å²) in [6.07, 6.45) is 0.254. The van der Waals surface area contributed by atoms with Crippen molar-refractivity contribution in [2.75, 3.05) is 5.73 Å². The summed E-state index contributed by atoms with van der Waals surface area (Å²) in [6, 6.07) is 6.62. The molecule has 0 aliphatic heterocycles. The van der Waals surface area contributed by atoms with Crippen LogP contribution >= 0.6 is 0 Å². The Morgan fingerprint density at radius 3 is 2.93 bits per heavy atom. The topological polar surface area (TPSA) is 85.4 Å². The number of nitrogens with zero attached hydrogens (tertiary/aromatic N) is 1. The van der Waals surface area contributed by atoms with Crippen molar-refractivity contribution >= 4 is 22.7 Å².